The number of imide groups is 1. The number of anilines is 2. The van der Waals surface area contributed by atoms with Crippen molar-refractivity contribution in [1.82, 2.24) is 5.43 Å². The molecule has 0 aliphatic carbocycles. The lowest BCUT2D eigenvalue weighted by Gasteiger charge is -2.19. The second-order valence-electron chi connectivity index (χ2n) is 9.70. The average molecular weight is 632 g/mol. The fraction of sp³-hybridized carbons (Fsp3) is 0.214. The van der Waals surface area contributed by atoms with Crippen LogP contribution in [0.4, 0.5) is 22.7 Å². The van der Waals surface area contributed by atoms with Crippen molar-refractivity contribution in [1.29, 1.82) is 0 Å². The van der Waals surface area contributed by atoms with Crippen LogP contribution in [0.15, 0.2) is 63.8 Å². The molecular formula is C28H22Cl4N6O3. The van der Waals surface area contributed by atoms with Crippen LogP contribution in [0.2, 0.25) is 20.1 Å². The van der Waals surface area contributed by atoms with Crippen molar-refractivity contribution in [3.63, 3.8) is 0 Å². The molecule has 0 bridgehead atoms. The Morgan fingerprint density at radius 3 is 2.20 bits per heavy atom. The van der Waals surface area contributed by atoms with Gasteiger partial charge in [-0.15, -0.1) is 0 Å². The Kier molecular flexibility index (Phi) is 8.07. The zero-order chi connectivity index (χ0) is 29.6. The summed E-state index contributed by atoms with van der Waals surface area (Å²) in [4.78, 5) is 44.5. The number of benzene rings is 3. The Morgan fingerprint density at radius 1 is 0.854 bits per heavy atom. The van der Waals surface area contributed by atoms with Crippen molar-refractivity contribution in [3.8, 4) is 0 Å². The summed E-state index contributed by atoms with van der Waals surface area (Å²) in [7, 11) is 0. The molecule has 5 rings (SSSR count). The molecule has 2 unspecified atom stereocenters. The van der Waals surface area contributed by atoms with Gasteiger partial charge in [0.25, 0.3) is 5.91 Å². The third-order valence-corrected chi connectivity index (χ3v) is 7.84. The Labute approximate surface area is 255 Å². The zero-order valence-electron chi connectivity index (χ0n) is 22.0. The molecular weight excluding hydrogens is 610 g/mol. The van der Waals surface area contributed by atoms with Crippen LogP contribution in [0, 0.1) is 19.8 Å². The maximum atomic E-state index is 13.7. The fourth-order valence-corrected chi connectivity index (χ4v) is 5.54. The van der Waals surface area contributed by atoms with Crippen LogP contribution < -0.4 is 15.3 Å². The van der Waals surface area contributed by atoms with Gasteiger partial charge < -0.3 is 0 Å². The number of hydrogen-bond acceptors (Lipinski definition) is 6. The lowest BCUT2D eigenvalue weighted by molar-refractivity contribution is -0.122. The minimum absolute atomic E-state index is 0.0659. The normalized spacial score (nSPS) is 20.2. The van der Waals surface area contributed by atoms with Gasteiger partial charge >= 0.3 is 0 Å². The van der Waals surface area contributed by atoms with E-state index in [4.69, 9.17) is 46.4 Å². The van der Waals surface area contributed by atoms with Crippen molar-refractivity contribution < 1.29 is 14.4 Å². The lowest BCUT2D eigenvalue weighted by atomic mass is 10.1. The number of carbonyl (C=O) groups is 3. The zero-order valence-corrected chi connectivity index (χ0v) is 25.0. The second-order valence-corrected chi connectivity index (χ2v) is 11.4. The minimum atomic E-state index is -1.23. The summed E-state index contributed by atoms with van der Waals surface area (Å²) in [6.07, 6.45) is 0.111. The lowest BCUT2D eigenvalue weighted by Crippen LogP contribution is -2.36. The van der Waals surface area contributed by atoms with E-state index in [1.807, 2.05) is 26.0 Å². The largest absolute Gasteiger partial charge is 0.280 e. The van der Waals surface area contributed by atoms with Crippen LogP contribution in [-0.4, -0.2) is 29.6 Å². The van der Waals surface area contributed by atoms with Gasteiger partial charge in [-0.1, -0.05) is 59.4 Å². The molecule has 2 saturated heterocycles. The molecule has 2 aliphatic rings. The summed E-state index contributed by atoms with van der Waals surface area (Å²) >= 11 is 25.4. The highest BCUT2D eigenvalue weighted by atomic mass is 35.5. The van der Waals surface area contributed by atoms with Gasteiger partial charge in [-0.05, 0) is 67.4 Å². The fourth-order valence-electron chi connectivity index (χ4n) is 4.40. The molecule has 0 saturated carbocycles. The molecule has 210 valence electrons. The molecule has 2 atom stereocenters. The maximum Gasteiger partial charge on any atom is 0.280 e. The van der Waals surface area contributed by atoms with Gasteiger partial charge in [-0.25, -0.2) is 10.0 Å². The monoisotopic (exact) mass is 630 g/mol. The van der Waals surface area contributed by atoms with E-state index in [0.29, 0.717) is 16.4 Å². The Bertz CT molecular complexity index is 1650. The topological polar surface area (TPSA) is 107 Å². The standard InChI is InChI=1S/C28H22Cl4N6O3/c1-13-4-5-17(8-14(13)2)34-35-24-26(36-38(28(24)41)25-20(31)10-16(29)11-21(25)32)33-22-12-18(6-7-19(22)30)37-23(39)9-15(3)27(37)40/h4-8,10-12,15,24H,9H2,1-3H3,(H,33,36). The number of nitrogens with one attached hydrogen (secondary N) is 1. The SMILES string of the molecule is Cc1ccc(N=NC2C(=O)N(c3c(Cl)cc(Cl)cc3Cl)NC2=Nc2cc(N3C(=O)CC(C)C3=O)ccc2Cl)cc1C. The first-order valence-corrected chi connectivity index (χ1v) is 13.9. The molecule has 2 aliphatic heterocycles. The highest BCUT2D eigenvalue weighted by molar-refractivity contribution is 6.43. The third kappa shape index (κ3) is 5.67. The molecule has 3 aromatic carbocycles. The average Bonchev–Trinajstić information content (AvgIpc) is 3.34. The third-order valence-electron chi connectivity index (χ3n) is 6.73. The quantitative estimate of drug-likeness (QED) is 0.232. The van der Waals surface area contributed by atoms with Crippen LogP contribution in [0.5, 0.6) is 0 Å². The first-order chi connectivity index (χ1) is 19.4. The van der Waals surface area contributed by atoms with Crippen molar-refractivity contribution in [2.45, 2.75) is 33.2 Å². The van der Waals surface area contributed by atoms with Crippen LogP contribution in [0.1, 0.15) is 24.5 Å². The van der Waals surface area contributed by atoms with Gasteiger partial charge in [-0.3, -0.25) is 24.7 Å². The summed E-state index contributed by atoms with van der Waals surface area (Å²) in [6.45, 7) is 5.62. The second kappa shape index (κ2) is 11.4. The molecule has 1 N–H and O–H groups in total. The molecule has 0 radical (unpaired) electrons. The van der Waals surface area contributed by atoms with Crippen molar-refractivity contribution >= 4 is 92.7 Å². The summed E-state index contributed by atoms with van der Waals surface area (Å²) in [5.74, 6) is -1.57. The highest BCUT2D eigenvalue weighted by Crippen LogP contribution is 2.39. The Balaban J connectivity index is 1.58. The molecule has 0 aromatic heterocycles. The van der Waals surface area contributed by atoms with E-state index in [1.165, 1.54) is 24.3 Å². The maximum absolute atomic E-state index is 13.7. The molecule has 2 heterocycles. The van der Waals surface area contributed by atoms with Gasteiger partial charge in [0.15, 0.2) is 5.84 Å². The number of carbonyl (C=O) groups excluding carboxylic acids is 3. The molecule has 0 spiro atoms. The number of halogens is 4. The number of aliphatic imine (C=N–C) groups is 1. The highest BCUT2D eigenvalue weighted by Gasteiger charge is 2.41. The van der Waals surface area contributed by atoms with Gasteiger partial charge in [0.05, 0.1) is 32.1 Å². The predicted molar refractivity (Wildman–Crippen MR) is 161 cm³/mol. The Hall–Kier alpha value is -3.50. The van der Waals surface area contributed by atoms with Gasteiger partial charge in [-0.2, -0.15) is 10.2 Å². The number of aryl methyl sites for hydroxylation is 2. The van der Waals surface area contributed by atoms with Crippen LogP contribution >= 0.6 is 46.4 Å². The van der Waals surface area contributed by atoms with Crippen LogP contribution in [-0.2, 0) is 14.4 Å². The number of nitrogens with zero attached hydrogens (tertiary/aromatic N) is 5. The summed E-state index contributed by atoms with van der Waals surface area (Å²) in [6, 6.07) is 11.8. The molecule has 41 heavy (non-hydrogen) atoms. The van der Waals surface area contributed by atoms with E-state index in [2.05, 4.69) is 20.6 Å². The number of amides is 3. The van der Waals surface area contributed by atoms with Crippen molar-refractivity contribution in [2.75, 3.05) is 9.91 Å². The van der Waals surface area contributed by atoms with Crippen LogP contribution in [0.25, 0.3) is 0 Å². The minimum Gasteiger partial charge on any atom is -0.276 e. The number of hydrazine groups is 1. The van der Waals surface area contributed by atoms with Crippen molar-refractivity contribution in [3.05, 3.63) is 79.7 Å². The molecule has 2 fully saturated rings. The molecule has 3 aromatic rings. The van der Waals surface area contributed by atoms with E-state index in [0.717, 1.165) is 21.0 Å². The van der Waals surface area contributed by atoms with Crippen molar-refractivity contribution in [2.24, 2.45) is 21.1 Å². The summed E-state index contributed by atoms with van der Waals surface area (Å²) in [5, 5.41) is 10.5. The van der Waals surface area contributed by atoms with Gasteiger partial charge in [0.2, 0.25) is 17.9 Å². The number of azo groups is 1. The number of hydrogen-bond donors (Lipinski definition) is 1. The smallest absolute Gasteiger partial charge is 0.276 e. The number of amidine groups is 1. The molecule has 9 nitrogen and oxygen atoms in total. The van der Waals surface area contributed by atoms with E-state index >= 15 is 0 Å². The summed E-state index contributed by atoms with van der Waals surface area (Å²) < 4.78 is 0. The predicted octanol–water partition coefficient (Wildman–Crippen LogP) is 7.55. The van der Waals surface area contributed by atoms with Gasteiger partial charge in [0, 0.05) is 17.4 Å². The van der Waals surface area contributed by atoms with E-state index in [-0.39, 0.29) is 50.5 Å². The van der Waals surface area contributed by atoms with E-state index in [1.54, 1.807) is 19.1 Å². The summed E-state index contributed by atoms with van der Waals surface area (Å²) in [5.41, 5.74) is 6.22. The van der Waals surface area contributed by atoms with E-state index < -0.39 is 17.9 Å². The first kappa shape index (κ1) is 29.0. The number of rotatable bonds is 5. The van der Waals surface area contributed by atoms with Crippen LogP contribution in [0.3, 0.4) is 0 Å². The first-order valence-electron chi connectivity index (χ1n) is 12.4. The van der Waals surface area contributed by atoms with E-state index in [9.17, 15) is 14.4 Å². The Morgan fingerprint density at radius 2 is 1.56 bits per heavy atom. The molecule has 3 amide bonds. The van der Waals surface area contributed by atoms with Gasteiger partial charge in [0.1, 0.15) is 5.69 Å². The molecule has 13 heteroatoms.